The van der Waals surface area contributed by atoms with Crippen molar-refractivity contribution in [2.75, 3.05) is 18.5 Å². The highest BCUT2D eigenvalue weighted by atomic mass is 16.2. The molecule has 0 unspecified atom stereocenters. The lowest BCUT2D eigenvalue weighted by Gasteiger charge is -2.38. The van der Waals surface area contributed by atoms with Crippen molar-refractivity contribution in [1.29, 1.82) is 0 Å². The Balaban J connectivity index is 2.20. The van der Waals surface area contributed by atoms with E-state index in [2.05, 4.69) is 24.3 Å². The zero-order chi connectivity index (χ0) is 13.2. The van der Waals surface area contributed by atoms with Gasteiger partial charge in [-0.05, 0) is 30.4 Å². The van der Waals surface area contributed by atoms with Crippen LogP contribution in [-0.2, 0) is 0 Å². The van der Waals surface area contributed by atoms with Crippen molar-refractivity contribution in [3.8, 4) is 0 Å². The summed E-state index contributed by atoms with van der Waals surface area (Å²) < 4.78 is 0. The van der Waals surface area contributed by atoms with E-state index in [-0.39, 0.29) is 11.3 Å². The Hall–Kier alpha value is -1.62. The quantitative estimate of drug-likeness (QED) is 0.616. The highest BCUT2D eigenvalue weighted by Crippen LogP contribution is 2.29. The Morgan fingerprint density at radius 1 is 1.56 bits per heavy atom. The van der Waals surface area contributed by atoms with Gasteiger partial charge >= 0.3 is 0 Å². The summed E-state index contributed by atoms with van der Waals surface area (Å²) in [5.41, 5.74) is 3.20. The Kier molecular flexibility index (Phi) is 3.52. The summed E-state index contributed by atoms with van der Waals surface area (Å²) in [5.74, 6) is 5.83. The summed E-state index contributed by atoms with van der Waals surface area (Å²) in [6.45, 7) is 5.97. The predicted molar refractivity (Wildman–Crippen MR) is 71.0 cm³/mol. The topological polar surface area (TPSA) is 71.2 Å². The van der Waals surface area contributed by atoms with Crippen LogP contribution in [0, 0.1) is 5.41 Å². The Morgan fingerprint density at radius 3 is 3.00 bits per heavy atom. The van der Waals surface area contributed by atoms with Gasteiger partial charge in [0.15, 0.2) is 5.82 Å². The first-order valence-corrected chi connectivity index (χ1v) is 6.24. The number of rotatable bonds is 2. The molecular formula is C13H20N4O. The van der Waals surface area contributed by atoms with E-state index in [0.717, 1.165) is 25.9 Å². The van der Waals surface area contributed by atoms with Crippen LogP contribution in [0.2, 0.25) is 0 Å². The Morgan fingerprint density at radius 2 is 2.33 bits per heavy atom. The molecule has 3 N–H and O–H groups in total. The summed E-state index contributed by atoms with van der Waals surface area (Å²) in [4.78, 5) is 18.4. The molecule has 0 aliphatic carbocycles. The van der Waals surface area contributed by atoms with Crippen LogP contribution in [-0.4, -0.2) is 28.9 Å². The molecule has 1 aliphatic rings. The second kappa shape index (κ2) is 4.94. The third kappa shape index (κ3) is 2.61. The minimum absolute atomic E-state index is 0.00354. The molecule has 0 saturated carbocycles. The van der Waals surface area contributed by atoms with E-state index in [1.165, 1.54) is 0 Å². The summed E-state index contributed by atoms with van der Waals surface area (Å²) in [6, 6.07) is 3.51. The van der Waals surface area contributed by atoms with Gasteiger partial charge in [0.25, 0.3) is 5.91 Å². The second-order valence-electron chi connectivity index (χ2n) is 5.54. The van der Waals surface area contributed by atoms with Gasteiger partial charge in [-0.3, -0.25) is 4.79 Å². The number of nitrogen functional groups attached to an aromatic ring is 1. The fourth-order valence-corrected chi connectivity index (χ4v) is 2.46. The van der Waals surface area contributed by atoms with Gasteiger partial charge in [0.05, 0.1) is 5.56 Å². The lowest BCUT2D eigenvalue weighted by Crippen LogP contribution is -2.43. The molecule has 0 aromatic carbocycles. The molecule has 1 fully saturated rings. The number of hydrogen-bond donors (Lipinski definition) is 2. The molecule has 18 heavy (non-hydrogen) atoms. The van der Waals surface area contributed by atoms with Crippen molar-refractivity contribution < 1.29 is 4.79 Å². The molecule has 2 heterocycles. The normalized spacial score (nSPS) is 18.5. The number of nitrogens with two attached hydrogens (primary N) is 1. The largest absolute Gasteiger partial charge is 0.338 e. The van der Waals surface area contributed by atoms with Gasteiger partial charge in [-0.15, -0.1) is 0 Å². The highest BCUT2D eigenvalue weighted by molar-refractivity contribution is 5.98. The number of amides is 1. The van der Waals surface area contributed by atoms with Gasteiger partial charge in [0, 0.05) is 19.3 Å². The maximum absolute atomic E-state index is 12.5. The van der Waals surface area contributed by atoms with Crippen molar-refractivity contribution in [3.63, 3.8) is 0 Å². The highest BCUT2D eigenvalue weighted by Gasteiger charge is 2.30. The van der Waals surface area contributed by atoms with E-state index in [0.29, 0.717) is 11.4 Å². The summed E-state index contributed by atoms with van der Waals surface area (Å²) in [5, 5.41) is 0. The van der Waals surface area contributed by atoms with Gasteiger partial charge in [-0.2, -0.15) is 0 Å². The molecule has 0 spiro atoms. The van der Waals surface area contributed by atoms with Crippen LogP contribution in [0.4, 0.5) is 5.82 Å². The van der Waals surface area contributed by atoms with Crippen LogP contribution in [0.3, 0.4) is 0 Å². The minimum Gasteiger partial charge on any atom is -0.338 e. The van der Waals surface area contributed by atoms with E-state index in [9.17, 15) is 4.79 Å². The first-order valence-electron chi connectivity index (χ1n) is 6.24. The second-order valence-corrected chi connectivity index (χ2v) is 5.54. The van der Waals surface area contributed by atoms with E-state index >= 15 is 0 Å². The molecule has 0 bridgehead atoms. The molecule has 98 valence electrons. The smallest absolute Gasteiger partial charge is 0.257 e. The average Bonchev–Trinajstić information content (AvgIpc) is 2.36. The van der Waals surface area contributed by atoms with Gasteiger partial charge < -0.3 is 10.3 Å². The number of carbonyl (C=O) groups is 1. The van der Waals surface area contributed by atoms with Gasteiger partial charge in [-0.25, -0.2) is 10.8 Å². The molecule has 1 aliphatic heterocycles. The molecular weight excluding hydrogens is 228 g/mol. The summed E-state index contributed by atoms with van der Waals surface area (Å²) in [7, 11) is 0. The van der Waals surface area contributed by atoms with Gasteiger partial charge in [0.2, 0.25) is 0 Å². The van der Waals surface area contributed by atoms with Crippen molar-refractivity contribution >= 4 is 11.7 Å². The molecule has 1 amide bonds. The van der Waals surface area contributed by atoms with Crippen LogP contribution < -0.4 is 11.3 Å². The van der Waals surface area contributed by atoms with Crippen LogP contribution in [0.15, 0.2) is 18.3 Å². The number of nitrogens with zero attached hydrogens (tertiary/aromatic N) is 2. The number of nitrogens with one attached hydrogen (secondary N) is 1. The van der Waals surface area contributed by atoms with E-state index < -0.39 is 0 Å². The third-order valence-electron chi connectivity index (χ3n) is 3.36. The predicted octanol–water partition coefficient (Wildman–Crippen LogP) is 1.63. The molecule has 0 atom stereocenters. The van der Waals surface area contributed by atoms with Gasteiger partial charge in [-0.1, -0.05) is 13.8 Å². The SMILES string of the molecule is CC1(C)CCCN(C(=O)c2cccnc2NN)C1. The molecule has 1 saturated heterocycles. The van der Waals surface area contributed by atoms with E-state index in [1.54, 1.807) is 18.3 Å². The molecule has 5 heteroatoms. The zero-order valence-corrected chi connectivity index (χ0v) is 10.9. The van der Waals surface area contributed by atoms with Crippen molar-refractivity contribution in [1.82, 2.24) is 9.88 Å². The number of anilines is 1. The van der Waals surface area contributed by atoms with Crippen LogP contribution in [0.25, 0.3) is 0 Å². The van der Waals surface area contributed by atoms with Crippen molar-refractivity contribution in [2.24, 2.45) is 11.3 Å². The molecule has 1 aromatic heterocycles. The maximum Gasteiger partial charge on any atom is 0.257 e. The summed E-state index contributed by atoms with van der Waals surface area (Å²) in [6.07, 6.45) is 3.82. The van der Waals surface area contributed by atoms with Gasteiger partial charge in [0.1, 0.15) is 0 Å². The van der Waals surface area contributed by atoms with Crippen LogP contribution in [0.1, 0.15) is 37.0 Å². The zero-order valence-electron chi connectivity index (χ0n) is 10.9. The number of carbonyl (C=O) groups excluding carboxylic acids is 1. The number of piperidine rings is 1. The first kappa shape index (κ1) is 12.8. The molecule has 5 nitrogen and oxygen atoms in total. The maximum atomic E-state index is 12.5. The minimum atomic E-state index is 0.00354. The fourth-order valence-electron chi connectivity index (χ4n) is 2.46. The molecule has 1 aromatic rings. The van der Waals surface area contributed by atoms with Crippen LogP contribution in [0.5, 0.6) is 0 Å². The third-order valence-corrected chi connectivity index (χ3v) is 3.36. The number of pyridine rings is 1. The lowest BCUT2D eigenvalue weighted by atomic mass is 9.84. The standard InChI is InChI=1S/C13H20N4O/c1-13(2)6-4-8-17(9-13)12(18)10-5-3-7-15-11(10)16-14/h3,5,7H,4,6,8-9,14H2,1-2H3,(H,15,16). The first-order chi connectivity index (χ1) is 8.53. The van der Waals surface area contributed by atoms with Crippen molar-refractivity contribution in [3.05, 3.63) is 23.9 Å². The monoisotopic (exact) mass is 248 g/mol. The fraction of sp³-hybridized carbons (Fsp3) is 0.538. The number of likely N-dealkylation sites (tertiary alicyclic amines) is 1. The van der Waals surface area contributed by atoms with E-state index in [1.807, 2.05) is 4.90 Å². The Bertz CT molecular complexity index is 444. The van der Waals surface area contributed by atoms with Crippen LogP contribution >= 0.6 is 0 Å². The lowest BCUT2D eigenvalue weighted by molar-refractivity contribution is 0.0584. The number of aromatic nitrogens is 1. The number of hydrazine groups is 1. The number of hydrogen-bond acceptors (Lipinski definition) is 4. The van der Waals surface area contributed by atoms with E-state index in [4.69, 9.17) is 5.84 Å². The average molecular weight is 248 g/mol. The summed E-state index contributed by atoms with van der Waals surface area (Å²) >= 11 is 0. The van der Waals surface area contributed by atoms with Crippen molar-refractivity contribution in [2.45, 2.75) is 26.7 Å². The molecule has 0 radical (unpaired) electrons. The molecule has 2 rings (SSSR count). The Labute approximate surface area is 107 Å².